The molecule has 2 heteroatoms. The molecule has 0 fully saturated rings. The van der Waals surface area contributed by atoms with E-state index in [0.29, 0.717) is 6.10 Å². The van der Waals surface area contributed by atoms with Crippen LogP contribution in [0.3, 0.4) is 0 Å². The topological polar surface area (TPSA) is 12.5 Å². The van der Waals surface area contributed by atoms with E-state index in [4.69, 9.17) is 4.84 Å². The van der Waals surface area contributed by atoms with Crippen LogP contribution in [0.1, 0.15) is 13.8 Å². The van der Waals surface area contributed by atoms with Crippen molar-refractivity contribution in [3.63, 3.8) is 0 Å². The fourth-order valence-corrected chi connectivity index (χ4v) is 0.422. The van der Waals surface area contributed by atoms with Crippen LogP contribution in [-0.2, 0) is 4.84 Å². The molecule has 0 saturated heterocycles. The van der Waals surface area contributed by atoms with E-state index in [1.807, 2.05) is 27.9 Å². The first kappa shape index (κ1) is 6.92. The minimum absolute atomic E-state index is 0.301. The molecule has 0 heterocycles. The highest BCUT2D eigenvalue weighted by molar-refractivity contribution is 4.29. The molecule has 7 heavy (non-hydrogen) atoms. The lowest BCUT2D eigenvalue weighted by Crippen LogP contribution is -2.17. The van der Waals surface area contributed by atoms with Gasteiger partial charge in [-0.2, -0.15) is 5.06 Å². The van der Waals surface area contributed by atoms with E-state index in [1.165, 1.54) is 0 Å². The molecule has 44 valence electrons. The molecule has 0 spiro atoms. The van der Waals surface area contributed by atoms with Crippen molar-refractivity contribution in [1.29, 1.82) is 0 Å². The summed E-state index contributed by atoms with van der Waals surface area (Å²) in [6, 6.07) is 0. The number of hydroxylamine groups is 2. The third-order valence-corrected chi connectivity index (χ3v) is 0.422. The van der Waals surface area contributed by atoms with Crippen LogP contribution in [0, 0.1) is 0 Å². The Kier molecular flexibility index (Phi) is 2.96. The van der Waals surface area contributed by atoms with Crippen molar-refractivity contribution in [3.8, 4) is 0 Å². The van der Waals surface area contributed by atoms with E-state index in [0.717, 1.165) is 0 Å². The summed E-state index contributed by atoms with van der Waals surface area (Å²) in [7, 11) is 3.75. The summed E-state index contributed by atoms with van der Waals surface area (Å²) < 4.78 is 0. The van der Waals surface area contributed by atoms with Gasteiger partial charge < -0.3 is 0 Å². The Bertz CT molecular complexity index is 37.3. The first-order valence-corrected chi connectivity index (χ1v) is 2.47. The van der Waals surface area contributed by atoms with E-state index >= 15 is 0 Å². The lowest BCUT2D eigenvalue weighted by Gasteiger charge is -2.12. The summed E-state index contributed by atoms with van der Waals surface area (Å²) in [5.74, 6) is 0. The average Bonchev–Trinajstić information content (AvgIpc) is 1.27. The second-order valence-corrected chi connectivity index (χ2v) is 1.97. The maximum atomic E-state index is 5.08. The fourth-order valence-electron chi connectivity index (χ4n) is 0.422. The number of hydrogen-bond donors (Lipinski definition) is 0. The molecule has 0 amide bonds. The van der Waals surface area contributed by atoms with E-state index in [9.17, 15) is 0 Å². The standard InChI is InChI=1S/C5H13NO/c1-5(2)7-6(3)4/h5H,1-4H3. The third-order valence-electron chi connectivity index (χ3n) is 0.422. The zero-order valence-electron chi connectivity index (χ0n) is 5.43. The molecule has 0 aromatic carbocycles. The van der Waals surface area contributed by atoms with Gasteiger partial charge in [0, 0.05) is 14.1 Å². The Morgan fingerprint density at radius 3 is 1.71 bits per heavy atom. The number of rotatable bonds is 2. The maximum absolute atomic E-state index is 5.08. The van der Waals surface area contributed by atoms with E-state index in [1.54, 1.807) is 5.06 Å². The Morgan fingerprint density at radius 1 is 1.29 bits per heavy atom. The summed E-state index contributed by atoms with van der Waals surface area (Å²) in [4.78, 5) is 5.08. The molecule has 0 aromatic heterocycles. The van der Waals surface area contributed by atoms with Gasteiger partial charge in [-0.1, -0.05) is 0 Å². The lowest BCUT2D eigenvalue weighted by molar-refractivity contribution is -0.151. The third kappa shape index (κ3) is 5.92. The van der Waals surface area contributed by atoms with Gasteiger partial charge in [0.2, 0.25) is 0 Å². The molecular weight excluding hydrogens is 90.1 g/mol. The van der Waals surface area contributed by atoms with Crippen molar-refractivity contribution in [1.82, 2.24) is 5.06 Å². The van der Waals surface area contributed by atoms with Gasteiger partial charge in [-0.25, -0.2) is 0 Å². The molecule has 0 radical (unpaired) electrons. The Hall–Kier alpha value is -0.0800. The molecule has 0 aliphatic rings. The van der Waals surface area contributed by atoms with E-state index < -0.39 is 0 Å². The van der Waals surface area contributed by atoms with Gasteiger partial charge >= 0.3 is 0 Å². The van der Waals surface area contributed by atoms with Gasteiger partial charge in [0.15, 0.2) is 0 Å². The van der Waals surface area contributed by atoms with Crippen molar-refractivity contribution in [2.45, 2.75) is 20.0 Å². The van der Waals surface area contributed by atoms with Gasteiger partial charge in [-0.15, -0.1) is 0 Å². The normalized spacial score (nSPS) is 11.1. The van der Waals surface area contributed by atoms with Gasteiger partial charge in [0.25, 0.3) is 0 Å². The zero-order chi connectivity index (χ0) is 5.86. The van der Waals surface area contributed by atoms with Crippen molar-refractivity contribution in [2.24, 2.45) is 0 Å². The molecule has 0 saturated carbocycles. The Morgan fingerprint density at radius 2 is 1.71 bits per heavy atom. The molecule has 0 unspecified atom stereocenters. The Labute approximate surface area is 45.0 Å². The van der Waals surface area contributed by atoms with Crippen molar-refractivity contribution in [2.75, 3.05) is 14.1 Å². The molecule has 0 N–H and O–H groups in total. The molecule has 0 bridgehead atoms. The van der Waals surface area contributed by atoms with Gasteiger partial charge in [-0.3, -0.25) is 4.84 Å². The first-order chi connectivity index (χ1) is 3.13. The summed E-state index contributed by atoms with van der Waals surface area (Å²) in [6.07, 6.45) is 0.301. The second-order valence-electron chi connectivity index (χ2n) is 1.97. The highest BCUT2D eigenvalue weighted by Crippen LogP contribution is 1.87. The van der Waals surface area contributed by atoms with Gasteiger partial charge in [0.1, 0.15) is 0 Å². The molecule has 0 aliphatic carbocycles. The minimum Gasteiger partial charge on any atom is -0.297 e. The molecule has 0 rings (SSSR count). The molecule has 2 nitrogen and oxygen atoms in total. The number of nitrogens with zero attached hydrogens (tertiary/aromatic N) is 1. The van der Waals surface area contributed by atoms with Crippen LogP contribution < -0.4 is 0 Å². The molecule has 0 atom stereocenters. The average molecular weight is 103 g/mol. The van der Waals surface area contributed by atoms with Crippen LogP contribution in [0.4, 0.5) is 0 Å². The fraction of sp³-hybridized carbons (Fsp3) is 1.00. The van der Waals surface area contributed by atoms with E-state index in [2.05, 4.69) is 0 Å². The summed E-state index contributed by atoms with van der Waals surface area (Å²) in [5, 5.41) is 1.70. The SMILES string of the molecule is CC(C)ON(C)C. The van der Waals surface area contributed by atoms with E-state index in [-0.39, 0.29) is 0 Å². The van der Waals surface area contributed by atoms with Crippen molar-refractivity contribution < 1.29 is 4.84 Å². The predicted molar refractivity (Wildman–Crippen MR) is 29.9 cm³/mol. The molecule has 0 aromatic rings. The van der Waals surface area contributed by atoms with Crippen LogP contribution in [-0.4, -0.2) is 25.3 Å². The predicted octanol–water partition coefficient (Wildman–Crippen LogP) is 0.888. The highest BCUT2D eigenvalue weighted by atomic mass is 16.7. The lowest BCUT2D eigenvalue weighted by atomic mass is 10.5. The van der Waals surface area contributed by atoms with Crippen LogP contribution >= 0.6 is 0 Å². The summed E-state index contributed by atoms with van der Waals surface area (Å²) in [6.45, 7) is 4.00. The van der Waals surface area contributed by atoms with Crippen LogP contribution in [0.5, 0.6) is 0 Å². The quantitative estimate of drug-likeness (QED) is 0.481. The van der Waals surface area contributed by atoms with Crippen molar-refractivity contribution in [3.05, 3.63) is 0 Å². The smallest absolute Gasteiger partial charge is 0.0736 e. The van der Waals surface area contributed by atoms with Crippen LogP contribution in [0.2, 0.25) is 0 Å². The minimum atomic E-state index is 0.301. The zero-order valence-corrected chi connectivity index (χ0v) is 5.43. The second kappa shape index (κ2) is 2.99. The molecular formula is C5H13NO. The first-order valence-electron chi connectivity index (χ1n) is 2.47. The monoisotopic (exact) mass is 103 g/mol. The summed E-state index contributed by atoms with van der Waals surface area (Å²) in [5.41, 5.74) is 0. The highest BCUT2D eigenvalue weighted by Gasteiger charge is 1.91. The van der Waals surface area contributed by atoms with Crippen LogP contribution in [0.15, 0.2) is 0 Å². The number of hydrogen-bond acceptors (Lipinski definition) is 2. The largest absolute Gasteiger partial charge is 0.297 e. The maximum Gasteiger partial charge on any atom is 0.0736 e. The van der Waals surface area contributed by atoms with Gasteiger partial charge in [0.05, 0.1) is 6.10 Å². The van der Waals surface area contributed by atoms with Crippen molar-refractivity contribution >= 4 is 0 Å². The van der Waals surface area contributed by atoms with Crippen LogP contribution in [0.25, 0.3) is 0 Å². The van der Waals surface area contributed by atoms with Gasteiger partial charge in [-0.05, 0) is 13.8 Å². The summed E-state index contributed by atoms with van der Waals surface area (Å²) >= 11 is 0. The Balaban J connectivity index is 2.95. The molecule has 0 aliphatic heterocycles.